The largest absolute Gasteiger partial charge is 0.390 e. The number of hydrogen-bond donors (Lipinski definition) is 2. The fraction of sp³-hybridized carbons (Fsp3) is 0.923. The van der Waals surface area contributed by atoms with Crippen LogP contribution < -0.4 is 5.73 Å². The zero-order valence-corrected chi connectivity index (χ0v) is 10.8. The summed E-state index contributed by atoms with van der Waals surface area (Å²) in [6.07, 6.45) is 9.39. The van der Waals surface area contributed by atoms with E-state index in [4.69, 9.17) is 5.73 Å². The fourth-order valence-corrected chi connectivity index (χ4v) is 1.74. The van der Waals surface area contributed by atoms with Crippen LogP contribution in [0.1, 0.15) is 71.6 Å². The van der Waals surface area contributed by atoms with Gasteiger partial charge in [0.15, 0.2) is 0 Å². The van der Waals surface area contributed by atoms with Gasteiger partial charge in [-0.1, -0.05) is 38.5 Å². The molecule has 96 valence electrons. The molecule has 0 saturated carbocycles. The molecule has 3 N–H and O–H groups in total. The van der Waals surface area contributed by atoms with Gasteiger partial charge in [-0.25, -0.2) is 0 Å². The molecule has 0 fully saturated rings. The standard InChI is InChI=1S/C13H27NO2/c1-13(2,16)11-9-7-5-3-4-6-8-10-12(14)15/h16H,3-11H2,1-2H3,(H2,14,15). The minimum Gasteiger partial charge on any atom is -0.390 e. The third-order valence-electron chi connectivity index (χ3n) is 2.71. The number of nitrogens with two attached hydrogens (primary N) is 1. The molecule has 0 bridgehead atoms. The van der Waals surface area contributed by atoms with Crippen molar-refractivity contribution in [2.75, 3.05) is 0 Å². The molecule has 0 saturated heterocycles. The zero-order chi connectivity index (χ0) is 12.4. The van der Waals surface area contributed by atoms with Crippen LogP contribution in [0, 0.1) is 0 Å². The molecule has 0 aromatic carbocycles. The number of amides is 1. The zero-order valence-electron chi connectivity index (χ0n) is 10.8. The first-order chi connectivity index (χ1) is 7.42. The molecule has 0 radical (unpaired) electrons. The monoisotopic (exact) mass is 229 g/mol. The van der Waals surface area contributed by atoms with Crippen molar-refractivity contribution >= 4 is 5.91 Å². The SMILES string of the molecule is CC(C)(O)CCCCCCCCCC(N)=O. The topological polar surface area (TPSA) is 63.3 Å². The molecule has 0 aliphatic carbocycles. The quantitative estimate of drug-likeness (QED) is 0.566. The van der Waals surface area contributed by atoms with Gasteiger partial charge < -0.3 is 10.8 Å². The highest BCUT2D eigenvalue weighted by Crippen LogP contribution is 2.15. The molecule has 0 aliphatic heterocycles. The lowest BCUT2D eigenvalue weighted by molar-refractivity contribution is -0.118. The van der Waals surface area contributed by atoms with Crippen LogP contribution >= 0.6 is 0 Å². The van der Waals surface area contributed by atoms with Crippen molar-refractivity contribution in [3.05, 3.63) is 0 Å². The molecule has 0 rings (SSSR count). The second kappa shape index (κ2) is 8.57. The Balaban J connectivity index is 3.07. The Kier molecular flexibility index (Phi) is 8.26. The number of carbonyl (C=O) groups excluding carboxylic acids is 1. The van der Waals surface area contributed by atoms with Crippen LogP contribution in [0.15, 0.2) is 0 Å². The van der Waals surface area contributed by atoms with Crippen molar-refractivity contribution in [3.63, 3.8) is 0 Å². The lowest BCUT2D eigenvalue weighted by Gasteiger charge is -2.16. The molecule has 3 heteroatoms. The molecular formula is C13H27NO2. The highest BCUT2D eigenvalue weighted by molar-refractivity contribution is 5.73. The maximum Gasteiger partial charge on any atom is 0.217 e. The summed E-state index contributed by atoms with van der Waals surface area (Å²) in [5, 5.41) is 9.50. The van der Waals surface area contributed by atoms with Crippen LogP contribution in [0.4, 0.5) is 0 Å². The number of rotatable bonds is 10. The van der Waals surface area contributed by atoms with Gasteiger partial charge in [0.25, 0.3) is 0 Å². The average molecular weight is 229 g/mol. The predicted octanol–water partition coefficient (Wildman–Crippen LogP) is 2.75. The van der Waals surface area contributed by atoms with Crippen molar-refractivity contribution < 1.29 is 9.90 Å². The highest BCUT2D eigenvalue weighted by Gasteiger charge is 2.10. The van der Waals surface area contributed by atoms with E-state index >= 15 is 0 Å². The van der Waals surface area contributed by atoms with Crippen LogP contribution in [0.2, 0.25) is 0 Å². The molecule has 0 heterocycles. The van der Waals surface area contributed by atoms with Gasteiger partial charge in [0.05, 0.1) is 5.60 Å². The second-order valence-electron chi connectivity index (χ2n) is 5.25. The van der Waals surface area contributed by atoms with E-state index in [2.05, 4.69) is 0 Å². The van der Waals surface area contributed by atoms with E-state index in [9.17, 15) is 9.90 Å². The summed E-state index contributed by atoms with van der Waals surface area (Å²) in [6.45, 7) is 3.72. The maximum absolute atomic E-state index is 10.5. The summed E-state index contributed by atoms with van der Waals surface area (Å²) < 4.78 is 0. The minimum atomic E-state index is -0.512. The van der Waals surface area contributed by atoms with E-state index in [0.29, 0.717) is 6.42 Å². The van der Waals surface area contributed by atoms with Gasteiger partial charge in [-0.2, -0.15) is 0 Å². The summed E-state index contributed by atoms with van der Waals surface area (Å²) >= 11 is 0. The van der Waals surface area contributed by atoms with Crippen LogP contribution in [-0.2, 0) is 4.79 Å². The van der Waals surface area contributed by atoms with E-state index in [-0.39, 0.29) is 5.91 Å². The fourth-order valence-electron chi connectivity index (χ4n) is 1.74. The van der Waals surface area contributed by atoms with Gasteiger partial charge in [-0.3, -0.25) is 4.79 Å². The third kappa shape index (κ3) is 13.4. The predicted molar refractivity (Wildman–Crippen MR) is 67.0 cm³/mol. The number of unbranched alkanes of at least 4 members (excludes halogenated alkanes) is 6. The maximum atomic E-state index is 10.5. The molecule has 0 atom stereocenters. The average Bonchev–Trinajstić information content (AvgIpc) is 2.13. The van der Waals surface area contributed by atoms with Crippen LogP contribution in [0.5, 0.6) is 0 Å². The third-order valence-corrected chi connectivity index (χ3v) is 2.71. The lowest BCUT2D eigenvalue weighted by Crippen LogP contribution is -2.17. The smallest absolute Gasteiger partial charge is 0.217 e. The first-order valence-electron chi connectivity index (χ1n) is 6.42. The van der Waals surface area contributed by atoms with E-state index in [0.717, 1.165) is 25.7 Å². The Morgan fingerprint density at radius 3 is 1.88 bits per heavy atom. The normalized spacial score (nSPS) is 11.7. The minimum absolute atomic E-state index is 0.190. The molecule has 0 unspecified atom stereocenters. The Morgan fingerprint density at radius 1 is 1.00 bits per heavy atom. The molecular weight excluding hydrogens is 202 g/mol. The van der Waals surface area contributed by atoms with Crippen molar-refractivity contribution in [1.82, 2.24) is 0 Å². The highest BCUT2D eigenvalue weighted by atomic mass is 16.3. The number of aliphatic hydroxyl groups is 1. The van der Waals surface area contributed by atoms with E-state index < -0.39 is 5.60 Å². The summed E-state index contributed by atoms with van der Waals surface area (Å²) in [5.41, 5.74) is 4.54. The number of primary amides is 1. The molecule has 3 nitrogen and oxygen atoms in total. The summed E-state index contributed by atoms with van der Waals surface area (Å²) in [4.78, 5) is 10.5. The summed E-state index contributed by atoms with van der Waals surface area (Å²) in [7, 11) is 0. The first kappa shape index (κ1) is 15.4. The lowest BCUT2D eigenvalue weighted by atomic mass is 9.99. The van der Waals surface area contributed by atoms with Crippen LogP contribution in [0.25, 0.3) is 0 Å². The van der Waals surface area contributed by atoms with Crippen molar-refractivity contribution in [3.8, 4) is 0 Å². The molecule has 16 heavy (non-hydrogen) atoms. The Morgan fingerprint density at radius 2 is 1.44 bits per heavy atom. The van der Waals surface area contributed by atoms with E-state index in [1.54, 1.807) is 0 Å². The van der Waals surface area contributed by atoms with Gasteiger partial charge in [0.2, 0.25) is 5.91 Å². The Labute approximate surface area is 99.4 Å². The van der Waals surface area contributed by atoms with Gasteiger partial charge >= 0.3 is 0 Å². The summed E-state index contributed by atoms with van der Waals surface area (Å²) in [5.74, 6) is -0.190. The van der Waals surface area contributed by atoms with Crippen molar-refractivity contribution in [2.24, 2.45) is 5.73 Å². The van der Waals surface area contributed by atoms with Crippen LogP contribution in [0.3, 0.4) is 0 Å². The van der Waals surface area contributed by atoms with Gasteiger partial charge in [0, 0.05) is 6.42 Å². The van der Waals surface area contributed by atoms with Crippen molar-refractivity contribution in [2.45, 2.75) is 77.2 Å². The second-order valence-corrected chi connectivity index (χ2v) is 5.25. The molecule has 0 aliphatic rings. The van der Waals surface area contributed by atoms with E-state index in [1.807, 2.05) is 13.8 Å². The molecule has 1 amide bonds. The molecule has 0 aromatic rings. The number of hydrogen-bond acceptors (Lipinski definition) is 2. The molecule has 0 aromatic heterocycles. The Hall–Kier alpha value is -0.570. The molecule has 0 spiro atoms. The summed E-state index contributed by atoms with van der Waals surface area (Å²) in [6, 6.07) is 0. The van der Waals surface area contributed by atoms with Gasteiger partial charge in [0.1, 0.15) is 0 Å². The van der Waals surface area contributed by atoms with Gasteiger partial charge in [-0.05, 0) is 26.7 Å². The van der Waals surface area contributed by atoms with Gasteiger partial charge in [-0.15, -0.1) is 0 Å². The Bertz CT molecular complexity index is 185. The van der Waals surface area contributed by atoms with Crippen LogP contribution in [-0.4, -0.2) is 16.6 Å². The first-order valence-corrected chi connectivity index (χ1v) is 6.42. The number of carbonyl (C=O) groups is 1. The van der Waals surface area contributed by atoms with Crippen molar-refractivity contribution in [1.29, 1.82) is 0 Å². The van der Waals surface area contributed by atoms with E-state index in [1.165, 1.54) is 25.7 Å².